The van der Waals surface area contributed by atoms with Gasteiger partial charge in [-0.3, -0.25) is 0 Å². The zero-order chi connectivity index (χ0) is 12.8. The molecule has 2 aromatic rings. The SMILES string of the molecule is CCCCc1nc(CSc2ccc(F)cc2)cs1. The molecule has 0 amide bonds. The zero-order valence-electron chi connectivity index (χ0n) is 10.4. The second-order valence-corrected chi connectivity index (χ2v) is 6.07. The molecule has 0 fully saturated rings. The summed E-state index contributed by atoms with van der Waals surface area (Å²) < 4.78 is 12.8. The molecule has 0 N–H and O–H groups in total. The third-order valence-corrected chi connectivity index (χ3v) is 4.55. The lowest BCUT2D eigenvalue weighted by Crippen LogP contribution is -1.85. The number of aromatic nitrogens is 1. The van der Waals surface area contributed by atoms with Crippen molar-refractivity contribution in [2.75, 3.05) is 0 Å². The van der Waals surface area contributed by atoms with Gasteiger partial charge < -0.3 is 0 Å². The Bertz CT molecular complexity index is 479. The average molecular weight is 281 g/mol. The van der Waals surface area contributed by atoms with Crippen molar-refractivity contribution < 1.29 is 4.39 Å². The molecule has 0 aliphatic heterocycles. The third kappa shape index (κ3) is 4.10. The fourth-order valence-corrected chi connectivity index (χ4v) is 3.28. The molecule has 2 rings (SSSR count). The number of thiazole rings is 1. The van der Waals surface area contributed by atoms with E-state index >= 15 is 0 Å². The van der Waals surface area contributed by atoms with Crippen LogP contribution in [0.25, 0.3) is 0 Å². The smallest absolute Gasteiger partial charge is 0.123 e. The van der Waals surface area contributed by atoms with Crippen molar-refractivity contribution in [2.24, 2.45) is 0 Å². The molecule has 0 bridgehead atoms. The first-order chi connectivity index (χ1) is 8.78. The van der Waals surface area contributed by atoms with E-state index in [0.29, 0.717) is 0 Å². The number of hydrogen-bond acceptors (Lipinski definition) is 3. The van der Waals surface area contributed by atoms with Crippen LogP contribution in [0.1, 0.15) is 30.5 Å². The summed E-state index contributed by atoms with van der Waals surface area (Å²) >= 11 is 3.44. The minimum absolute atomic E-state index is 0.185. The molecule has 96 valence electrons. The highest BCUT2D eigenvalue weighted by Crippen LogP contribution is 2.24. The monoisotopic (exact) mass is 281 g/mol. The molecule has 0 spiro atoms. The molecular formula is C14H16FNS2. The molecule has 1 aromatic heterocycles. The van der Waals surface area contributed by atoms with Crippen LogP contribution in [0.15, 0.2) is 34.5 Å². The van der Waals surface area contributed by atoms with Crippen LogP contribution in [0, 0.1) is 5.82 Å². The van der Waals surface area contributed by atoms with Crippen molar-refractivity contribution in [3.05, 3.63) is 46.2 Å². The summed E-state index contributed by atoms with van der Waals surface area (Å²) in [6.07, 6.45) is 3.50. The summed E-state index contributed by atoms with van der Waals surface area (Å²) in [5.41, 5.74) is 1.13. The van der Waals surface area contributed by atoms with Gasteiger partial charge in [-0.2, -0.15) is 0 Å². The lowest BCUT2D eigenvalue weighted by molar-refractivity contribution is 0.626. The molecule has 0 saturated heterocycles. The number of aryl methyl sites for hydroxylation is 1. The maximum atomic E-state index is 12.8. The van der Waals surface area contributed by atoms with Crippen LogP contribution >= 0.6 is 23.1 Å². The van der Waals surface area contributed by atoms with Crippen LogP contribution in [-0.2, 0) is 12.2 Å². The lowest BCUT2D eigenvalue weighted by atomic mass is 10.3. The number of rotatable bonds is 6. The molecular weight excluding hydrogens is 265 g/mol. The van der Waals surface area contributed by atoms with E-state index in [-0.39, 0.29) is 5.82 Å². The minimum Gasteiger partial charge on any atom is -0.245 e. The van der Waals surface area contributed by atoms with Crippen molar-refractivity contribution >= 4 is 23.1 Å². The van der Waals surface area contributed by atoms with Gasteiger partial charge in [0.05, 0.1) is 10.7 Å². The number of halogens is 1. The standard InChI is InChI=1S/C14H16FNS2/c1-2-3-4-14-16-12(10-18-14)9-17-13-7-5-11(15)6-8-13/h5-8,10H,2-4,9H2,1H3. The molecule has 1 aromatic carbocycles. The molecule has 0 saturated carbocycles. The van der Waals surface area contributed by atoms with Gasteiger partial charge in [0.15, 0.2) is 0 Å². The van der Waals surface area contributed by atoms with Crippen LogP contribution in [0.4, 0.5) is 4.39 Å². The van der Waals surface area contributed by atoms with E-state index in [2.05, 4.69) is 17.3 Å². The van der Waals surface area contributed by atoms with E-state index in [1.165, 1.54) is 30.0 Å². The molecule has 1 nitrogen and oxygen atoms in total. The van der Waals surface area contributed by atoms with Crippen LogP contribution in [0.5, 0.6) is 0 Å². The number of benzene rings is 1. The predicted octanol–water partition coefficient (Wildman–Crippen LogP) is 4.92. The predicted molar refractivity (Wildman–Crippen MR) is 76.7 cm³/mol. The van der Waals surface area contributed by atoms with Crippen LogP contribution in [-0.4, -0.2) is 4.98 Å². The van der Waals surface area contributed by atoms with E-state index in [1.807, 2.05) is 12.1 Å². The van der Waals surface area contributed by atoms with Gasteiger partial charge in [0.2, 0.25) is 0 Å². The highest BCUT2D eigenvalue weighted by molar-refractivity contribution is 7.98. The Kier molecular flexibility index (Phi) is 5.20. The fourth-order valence-electron chi connectivity index (χ4n) is 1.55. The third-order valence-electron chi connectivity index (χ3n) is 2.54. The molecule has 0 aliphatic rings. The van der Waals surface area contributed by atoms with Gasteiger partial charge >= 0.3 is 0 Å². The second kappa shape index (κ2) is 6.90. The van der Waals surface area contributed by atoms with Gasteiger partial charge in [0, 0.05) is 16.0 Å². The summed E-state index contributed by atoms with van der Waals surface area (Å²) in [7, 11) is 0. The lowest BCUT2D eigenvalue weighted by Gasteiger charge is -1.98. The zero-order valence-corrected chi connectivity index (χ0v) is 12.0. The summed E-state index contributed by atoms with van der Waals surface area (Å²) in [6, 6.07) is 6.61. The van der Waals surface area contributed by atoms with Crippen LogP contribution in [0.2, 0.25) is 0 Å². The Morgan fingerprint density at radius 3 is 2.78 bits per heavy atom. The van der Waals surface area contributed by atoms with E-state index in [4.69, 9.17) is 0 Å². The Morgan fingerprint density at radius 1 is 1.28 bits per heavy atom. The molecule has 0 aliphatic carbocycles. The minimum atomic E-state index is -0.185. The summed E-state index contributed by atoms with van der Waals surface area (Å²) in [4.78, 5) is 5.69. The normalized spacial score (nSPS) is 10.8. The van der Waals surface area contributed by atoms with Gasteiger partial charge in [-0.05, 0) is 37.1 Å². The average Bonchev–Trinajstić information content (AvgIpc) is 2.84. The van der Waals surface area contributed by atoms with Gasteiger partial charge in [-0.1, -0.05) is 13.3 Å². The quantitative estimate of drug-likeness (QED) is 0.697. The highest BCUT2D eigenvalue weighted by Gasteiger charge is 2.03. The molecule has 0 atom stereocenters. The first-order valence-corrected chi connectivity index (χ1v) is 7.96. The van der Waals surface area contributed by atoms with Crippen molar-refractivity contribution in [3.8, 4) is 0 Å². The van der Waals surface area contributed by atoms with Gasteiger partial charge in [-0.25, -0.2) is 9.37 Å². The Hall–Kier alpha value is -0.870. The van der Waals surface area contributed by atoms with Crippen molar-refractivity contribution in [3.63, 3.8) is 0 Å². The van der Waals surface area contributed by atoms with Crippen LogP contribution in [0.3, 0.4) is 0 Å². The summed E-state index contributed by atoms with van der Waals surface area (Å²) in [5, 5.41) is 3.35. The van der Waals surface area contributed by atoms with E-state index in [9.17, 15) is 4.39 Å². The fraction of sp³-hybridized carbons (Fsp3) is 0.357. The van der Waals surface area contributed by atoms with Gasteiger partial charge in [-0.15, -0.1) is 23.1 Å². The molecule has 4 heteroatoms. The maximum Gasteiger partial charge on any atom is 0.123 e. The van der Waals surface area contributed by atoms with Crippen molar-refractivity contribution in [1.82, 2.24) is 4.98 Å². The number of thioether (sulfide) groups is 1. The Morgan fingerprint density at radius 2 is 2.06 bits per heavy atom. The first-order valence-electron chi connectivity index (χ1n) is 6.09. The first kappa shape index (κ1) is 13.6. The molecule has 1 heterocycles. The number of hydrogen-bond donors (Lipinski definition) is 0. The summed E-state index contributed by atoms with van der Waals surface area (Å²) in [5.74, 6) is 0.670. The number of nitrogens with zero attached hydrogens (tertiary/aromatic N) is 1. The molecule has 0 radical (unpaired) electrons. The topological polar surface area (TPSA) is 12.9 Å². The van der Waals surface area contributed by atoms with E-state index in [0.717, 1.165) is 22.8 Å². The highest BCUT2D eigenvalue weighted by atomic mass is 32.2. The van der Waals surface area contributed by atoms with Crippen LogP contribution < -0.4 is 0 Å². The Balaban J connectivity index is 1.86. The van der Waals surface area contributed by atoms with Gasteiger partial charge in [0.25, 0.3) is 0 Å². The Labute approximate surface area is 115 Å². The maximum absolute atomic E-state index is 12.8. The largest absolute Gasteiger partial charge is 0.245 e. The summed E-state index contributed by atoms with van der Waals surface area (Å²) in [6.45, 7) is 2.19. The number of unbranched alkanes of at least 4 members (excludes halogenated alkanes) is 1. The molecule has 18 heavy (non-hydrogen) atoms. The van der Waals surface area contributed by atoms with Crippen molar-refractivity contribution in [1.29, 1.82) is 0 Å². The molecule has 0 unspecified atom stereocenters. The second-order valence-electron chi connectivity index (χ2n) is 4.08. The van der Waals surface area contributed by atoms with Gasteiger partial charge in [0.1, 0.15) is 5.82 Å². The van der Waals surface area contributed by atoms with Crippen molar-refractivity contribution in [2.45, 2.75) is 36.8 Å². The van der Waals surface area contributed by atoms with E-state index < -0.39 is 0 Å². The van der Waals surface area contributed by atoms with E-state index in [1.54, 1.807) is 23.1 Å².